The Morgan fingerprint density at radius 3 is 2.76 bits per heavy atom. The Morgan fingerprint density at radius 1 is 1.33 bits per heavy atom. The minimum atomic E-state index is -0.478. The number of esters is 1. The number of rotatable bonds is 5. The lowest BCUT2D eigenvalue weighted by atomic mass is 10.2. The number of pyridine rings is 2. The largest absolute Gasteiger partial charge is 0.481 e. The summed E-state index contributed by atoms with van der Waals surface area (Å²) in [7, 11) is 1.54. The van der Waals surface area contributed by atoms with E-state index in [0.717, 1.165) is 0 Å². The van der Waals surface area contributed by atoms with E-state index in [1.54, 1.807) is 32.4 Å². The standard InChI is InChI=1S/C14H16N4O3/c1-3-21-14(19)10-6-12(16-8-11(10)15)18-9-4-5-13(20-2)17-7-9/h4-8H,3,15H2,1-2H3,(H,16,18). The van der Waals surface area contributed by atoms with Crippen molar-refractivity contribution in [1.29, 1.82) is 0 Å². The second-order valence-electron chi connectivity index (χ2n) is 4.09. The average Bonchev–Trinajstić information content (AvgIpc) is 2.50. The molecule has 2 rings (SSSR count). The summed E-state index contributed by atoms with van der Waals surface area (Å²) in [5.41, 5.74) is 6.99. The highest BCUT2D eigenvalue weighted by atomic mass is 16.5. The summed E-state index contributed by atoms with van der Waals surface area (Å²) in [6, 6.07) is 5.04. The SMILES string of the molecule is CCOC(=O)c1cc(Nc2ccc(OC)nc2)ncc1N. The Morgan fingerprint density at radius 2 is 2.14 bits per heavy atom. The molecule has 2 aromatic heterocycles. The molecule has 2 heterocycles. The molecule has 0 bridgehead atoms. The van der Waals surface area contributed by atoms with E-state index in [4.69, 9.17) is 15.2 Å². The Labute approximate surface area is 122 Å². The summed E-state index contributed by atoms with van der Waals surface area (Å²) in [6.07, 6.45) is 3.01. The molecule has 0 aliphatic carbocycles. The van der Waals surface area contributed by atoms with Crippen molar-refractivity contribution in [2.45, 2.75) is 6.92 Å². The number of nitrogen functional groups attached to an aromatic ring is 1. The molecule has 110 valence electrons. The third kappa shape index (κ3) is 3.59. The van der Waals surface area contributed by atoms with E-state index in [1.807, 2.05) is 0 Å². The van der Waals surface area contributed by atoms with Crippen LogP contribution in [-0.2, 0) is 4.74 Å². The maximum atomic E-state index is 11.8. The summed E-state index contributed by atoms with van der Waals surface area (Å²) < 4.78 is 9.92. The van der Waals surface area contributed by atoms with Crippen molar-refractivity contribution >= 4 is 23.2 Å². The predicted molar refractivity (Wildman–Crippen MR) is 78.7 cm³/mol. The van der Waals surface area contributed by atoms with E-state index in [-0.39, 0.29) is 17.9 Å². The number of carbonyl (C=O) groups is 1. The summed E-state index contributed by atoms with van der Waals surface area (Å²) in [6.45, 7) is 2.02. The molecule has 2 aromatic rings. The van der Waals surface area contributed by atoms with E-state index in [1.165, 1.54) is 12.3 Å². The first-order valence-corrected chi connectivity index (χ1v) is 6.33. The van der Waals surface area contributed by atoms with Gasteiger partial charge in [0.2, 0.25) is 5.88 Å². The monoisotopic (exact) mass is 288 g/mol. The zero-order chi connectivity index (χ0) is 15.2. The minimum Gasteiger partial charge on any atom is -0.481 e. The summed E-state index contributed by atoms with van der Waals surface area (Å²) in [5.74, 6) is 0.505. The van der Waals surface area contributed by atoms with Crippen LogP contribution in [0.3, 0.4) is 0 Å². The first kappa shape index (κ1) is 14.6. The van der Waals surface area contributed by atoms with Gasteiger partial charge >= 0.3 is 5.97 Å². The molecule has 0 spiro atoms. The predicted octanol–water partition coefficient (Wildman–Crippen LogP) is 1.99. The molecule has 0 radical (unpaired) electrons. The molecule has 21 heavy (non-hydrogen) atoms. The van der Waals surface area contributed by atoms with Gasteiger partial charge in [-0.3, -0.25) is 0 Å². The van der Waals surface area contributed by atoms with Crippen LogP contribution in [0.5, 0.6) is 5.88 Å². The van der Waals surface area contributed by atoms with Crippen LogP contribution >= 0.6 is 0 Å². The number of aromatic nitrogens is 2. The van der Waals surface area contributed by atoms with Crippen LogP contribution in [0.15, 0.2) is 30.6 Å². The molecule has 7 nitrogen and oxygen atoms in total. The number of hydrogen-bond donors (Lipinski definition) is 2. The first-order valence-electron chi connectivity index (χ1n) is 6.33. The van der Waals surface area contributed by atoms with Gasteiger partial charge < -0.3 is 20.5 Å². The summed E-state index contributed by atoms with van der Waals surface area (Å²) in [5, 5.41) is 3.03. The van der Waals surface area contributed by atoms with Gasteiger partial charge in [-0.25, -0.2) is 14.8 Å². The van der Waals surface area contributed by atoms with Crippen molar-refractivity contribution in [2.24, 2.45) is 0 Å². The van der Waals surface area contributed by atoms with E-state index in [0.29, 0.717) is 17.4 Å². The van der Waals surface area contributed by atoms with Crippen LogP contribution in [0.4, 0.5) is 17.2 Å². The number of hydrogen-bond acceptors (Lipinski definition) is 7. The zero-order valence-electron chi connectivity index (χ0n) is 11.8. The Balaban J connectivity index is 2.20. The number of methoxy groups -OCH3 is 1. The van der Waals surface area contributed by atoms with Crippen molar-refractivity contribution in [3.8, 4) is 5.88 Å². The normalized spacial score (nSPS) is 10.0. The van der Waals surface area contributed by atoms with Crippen molar-refractivity contribution in [3.63, 3.8) is 0 Å². The highest BCUT2D eigenvalue weighted by molar-refractivity contribution is 5.95. The molecule has 0 unspecified atom stereocenters. The van der Waals surface area contributed by atoms with Crippen molar-refractivity contribution in [3.05, 3.63) is 36.2 Å². The van der Waals surface area contributed by atoms with Crippen LogP contribution in [0.2, 0.25) is 0 Å². The fourth-order valence-corrected chi connectivity index (χ4v) is 1.64. The Bertz CT molecular complexity index is 629. The van der Waals surface area contributed by atoms with Crippen molar-refractivity contribution in [1.82, 2.24) is 9.97 Å². The lowest BCUT2D eigenvalue weighted by Gasteiger charge is -2.09. The van der Waals surface area contributed by atoms with Gasteiger partial charge in [0.05, 0.1) is 43.0 Å². The molecular weight excluding hydrogens is 272 g/mol. The molecule has 7 heteroatoms. The molecule has 0 fully saturated rings. The lowest BCUT2D eigenvalue weighted by molar-refractivity contribution is 0.0527. The minimum absolute atomic E-state index is 0.270. The molecular formula is C14H16N4O3. The fraction of sp³-hybridized carbons (Fsp3) is 0.214. The van der Waals surface area contributed by atoms with Gasteiger partial charge in [-0.15, -0.1) is 0 Å². The number of nitrogens with zero attached hydrogens (tertiary/aromatic N) is 2. The molecule has 3 N–H and O–H groups in total. The molecule has 0 amide bonds. The maximum Gasteiger partial charge on any atom is 0.340 e. The third-order valence-corrected chi connectivity index (χ3v) is 2.65. The molecule has 0 saturated carbocycles. The lowest BCUT2D eigenvalue weighted by Crippen LogP contribution is -2.09. The first-order chi connectivity index (χ1) is 10.1. The van der Waals surface area contributed by atoms with Gasteiger partial charge in [0, 0.05) is 6.07 Å². The van der Waals surface area contributed by atoms with Gasteiger partial charge in [-0.05, 0) is 19.1 Å². The van der Waals surface area contributed by atoms with Crippen LogP contribution in [0.25, 0.3) is 0 Å². The van der Waals surface area contributed by atoms with Gasteiger partial charge in [0.25, 0.3) is 0 Å². The van der Waals surface area contributed by atoms with Crippen LogP contribution in [0.1, 0.15) is 17.3 Å². The second-order valence-corrected chi connectivity index (χ2v) is 4.09. The summed E-state index contributed by atoms with van der Waals surface area (Å²) >= 11 is 0. The smallest absolute Gasteiger partial charge is 0.340 e. The van der Waals surface area contributed by atoms with E-state index >= 15 is 0 Å². The molecule has 0 atom stereocenters. The van der Waals surface area contributed by atoms with E-state index in [9.17, 15) is 4.79 Å². The highest BCUT2D eigenvalue weighted by Crippen LogP contribution is 2.20. The quantitative estimate of drug-likeness (QED) is 0.811. The van der Waals surface area contributed by atoms with Gasteiger partial charge in [0.15, 0.2) is 0 Å². The second kappa shape index (κ2) is 6.56. The highest BCUT2D eigenvalue weighted by Gasteiger charge is 2.12. The number of nitrogens with one attached hydrogen (secondary N) is 1. The molecule has 0 aliphatic rings. The van der Waals surface area contributed by atoms with Gasteiger partial charge in [0.1, 0.15) is 5.82 Å². The molecule has 0 aliphatic heterocycles. The summed E-state index contributed by atoms with van der Waals surface area (Å²) in [4.78, 5) is 20.0. The van der Waals surface area contributed by atoms with Crippen LogP contribution in [0, 0.1) is 0 Å². The van der Waals surface area contributed by atoms with Crippen molar-refractivity contribution in [2.75, 3.05) is 24.8 Å². The molecule has 0 aromatic carbocycles. The fourth-order valence-electron chi connectivity index (χ4n) is 1.64. The maximum absolute atomic E-state index is 11.8. The molecule has 0 saturated heterocycles. The average molecular weight is 288 g/mol. The van der Waals surface area contributed by atoms with E-state index in [2.05, 4.69) is 15.3 Å². The van der Waals surface area contributed by atoms with Crippen LogP contribution in [-0.4, -0.2) is 29.7 Å². The van der Waals surface area contributed by atoms with E-state index < -0.39 is 5.97 Å². The van der Waals surface area contributed by atoms with Gasteiger partial charge in [-0.1, -0.05) is 0 Å². The zero-order valence-corrected chi connectivity index (χ0v) is 11.8. The Hall–Kier alpha value is -2.83. The number of ether oxygens (including phenoxy) is 2. The number of nitrogens with two attached hydrogens (primary N) is 1. The Kier molecular flexibility index (Phi) is 4.55. The topological polar surface area (TPSA) is 99.4 Å². The number of anilines is 3. The van der Waals surface area contributed by atoms with Crippen molar-refractivity contribution < 1.29 is 14.3 Å². The number of carbonyl (C=O) groups excluding carboxylic acids is 1. The van der Waals surface area contributed by atoms with Crippen LogP contribution < -0.4 is 15.8 Å². The third-order valence-electron chi connectivity index (χ3n) is 2.65. The van der Waals surface area contributed by atoms with Gasteiger partial charge in [-0.2, -0.15) is 0 Å².